The Morgan fingerprint density at radius 3 is 2.60 bits per heavy atom. The minimum Gasteiger partial charge on any atom is -0.459 e. The zero-order chi connectivity index (χ0) is 20.5. The summed E-state index contributed by atoms with van der Waals surface area (Å²) in [5, 5.41) is 6.93. The fourth-order valence-electron chi connectivity index (χ4n) is 3.75. The van der Waals surface area contributed by atoms with Crippen LogP contribution in [0, 0.1) is 0 Å². The summed E-state index contributed by atoms with van der Waals surface area (Å²) in [6, 6.07) is 16.5. The fraction of sp³-hybridized carbons (Fsp3) is 0.130. The van der Waals surface area contributed by atoms with Crippen LogP contribution in [0.4, 0.5) is 5.69 Å². The molecule has 0 bridgehead atoms. The molecule has 2 amide bonds. The number of nitrogens with one attached hydrogen (secondary N) is 1. The molecule has 1 aliphatic rings. The molecule has 30 heavy (non-hydrogen) atoms. The Morgan fingerprint density at radius 2 is 1.87 bits per heavy atom. The normalized spacial score (nSPS) is 15.6. The van der Waals surface area contributed by atoms with E-state index in [9.17, 15) is 9.59 Å². The van der Waals surface area contributed by atoms with Crippen molar-refractivity contribution in [1.82, 2.24) is 4.90 Å². The number of anilines is 1. The molecule has 1 unspecified atom stereocenters. The van der Waals surface area contributed by atoms with Crippen LogP contribution in [0.1, 0.15) is 42.3 Å². The lowest BCUT2D eigenvalue weighted by atomic mass is 9.97. The summed E-state index contributed by atoms with van der Waals surface area (Å²) in [6.07, 6.45) is 2.33. The number of hydrogen-bond acceptors (Lipinski definition) is 5. The van der Waals surface area contributed by atoms with Crippen LogP contribution in [-0.2, 0) is 6.42 Å². The number of rotatable bonds is 4. The van der Waals surface area contributed by atoms with Gasteiger partial charge < -0.3 is 14.6 Å². The van der Waals surface area contributed by atoms with Gasteiger partial charge in [0.2, 0.25) is 0 Å². The molecule has 0 spiro atoms. The number of carbonyl (C=O) groups excluding carboxylic acids is 2. The lowest BCUT2D eigenvalue weighted by Crippen LogP contribution is -2.39. The highest BCUT2D eigenvalue weighted by atomic mass is 32.1. The molecule has 0 aliphatic carbocycles. The summed E-state index contributed by atoms with van der Waals surface area (Å²) >= 11 is 3.44. The van der Waals surface area contributed by atoms with Gasteiger partial charge in [-0.3, -0.25) is 9.59 Å². The van der Waals surface area contributed by atoms with E-state index in [0.717, 1.165) is 6.42 Å². The van der Waals surface area contributed by atoms with Gasteiger partial charge >= 0.3 is 0 Å². The molecule has 1 aliphatic heterocycles. The Labute approximate surface area is 181 Å². The van der Waals surface area contributed by atoms with Crippen molar-refractivity contribution < 1.29 is 14.0 Å². The lowest BCUT2D eigenvalue weighted by molar-refractivity contribution is 0.0698. The van der Waals surface area contributed by atoms with Crippen molar-refractivity contribution in [3.05, 3.63) is 98.3 Å². The van der Waals surface area contributed by atoms with Crippen molar-refractivity contribution in [2.24, 2.45) is 0 Å². The molecule has 0 saturated carbocycles. The quantitative estimate of drug-likeness (QED) is 0.465. The number of amides is 2. The van der Waals surface area contributed by atoms with Crippen LogP contribution in [0.5, 0.6) is 0 Å². The molecule has 3 aromatic heterocycles. The molecule has 1 N–H and O–H groups in total. The van der Waals surface area contributed by atoms with Gasteiger partial charge in [0.05, 0.1) is 12.3 Å². The van der Waals surface area contributed by atoms with E-state index in [2.05, 4.69) is 28.2 Å². The highest BCUT2D eigenvalue weighted by molar-refractivity contribution is 7.10. The second kappa shape index (κ2) is 7.93. The molecular weight excluding hydrogens is 416 g/mol. The van der Waals surface area contributed by atoms with Gasteiger partial charge in [0.25, 0.3) is 11.8 Å². The molecule has 1 aromatic carbocycles. The van der Waals surface area contributed by atoms with Crippen molar-refractivity contribution in [1.29, 1.82) is 0 Å². The van der Waals surface area contributed by atoms with Gasteiger partial charge in [-0.25, -0.2) is 0 Å². The molecule has 0 fully saturated rings. The fourth-order valence-corrected chi connectivity index (χ4v) is 5.51. The molecule has 4 aromatic rings. The third-order valence-corrected chi connectivity index (χ3v) is 7.10. The van der Waals surface area contributed by atoms with Crippen LogP contribution in [0.25, 0.3) is 0 Å². The summed E-state index contributed by atoms with van der Waals surface area (Å²) in [5.41, 5.74) is 2.44. The average Bonchev–Trinajstić information content (AvgIpc) is 3.55. The van der Waals surface area contributed by atoms with Gasteiger partial charge in [0, 0.05) is 27.5 Å². The maximum atomic E-state index is 13.4. The molecule has 4 heterocycles. The van der Waals surface area contributed by atoms with Crippen molar-refractivity contribution >= 4 is 40.2 Å². The SMILES string of the molecule is O=C(Nc1ccc(C(=O)N2CCc3sccc3C2c2cccs2)cc1)c1ccco1. The Hall–Kier alpha value is -3.16. The van der Waals surface area contributed by atoms with Gasteiger partial charge in [-0.15, -0.1) is 22.7 Å². The van der Waals surface area contributed by atoms with Crippen molar-refractivity contribution in [3.8, 4) is 0 Å². The second-order valence-electron chi connectivity index (χ2n) is 6.97. The van der Waals surface area contributed by atoms with Crippen LogP contribution in [0.2, 0.25) is 0 Å². The number of fused-ring (bicyclic) bond motifs is 1. The minimum absolute atomic E-state index is 0.00541. The first kappa shape index (κ1) is 18.8. The first-order chi connectivity index (χ1) is 14.7. The van der Waals surface area contributed by atoms with Crippen molar-refractivity contribution in [3.63, 3.8) is 0 Å². The van der Waals surface area contributed by atoms with Crippen LogP contribution in [0.3, 0.4) is 0 Å². The molecule has 0 radical (unpaired) electrons. The van der Waals surface area contributed by atoms with E-state index in [1.807, 2.05) is 11.0 Å². The van der Waals surface area contributed by atoms with Gasteiger partial charge in [0.1, 0.15) is 0 Å². The summed E-state index contributed by atoms with van der Waals surface area (Å²) < 4.78 is 5.11. The number of carbonyl (C=O) groups is 2. The first-order valence-electron chi connectivity index (χ1n) is 9.56. The summed E-state index contributed by atoms with van der Waals surface area (Å²) in [4.78, 5) is 30.0. The van der Waals surface area contributed by atoms with E-state index < -0.39 is 0 Å². The number of benzene rings is 1. The lowest BCUT2D eigenvalue weighted by Gasteiger charge is -2.35. The third kappa shape index (κ3) is 3.46. The molecule has 1 atom stereocenters. The Bertz CT molecular complexity index is 1160. The smallest absolute Gasteiger partial charge is 0.291 e. The van der Waals surface area contributed by atoms with Gasteiger partial charge in [-0.1, -0.05) is 6.07 Å². The molecular formula is C23H18N2O3S2. The molecule has 7 heteroatoms. The summed E-state index contributed by atoms with van der Waals surface area (Å²) in [5.74, 6) is -0.0826. The van der Waals surface area contributed by atoms with Gasteiger partial charge in [-0.2, -0.15) is 0 Å². The van der Waals surface area contributed by atoms with E-state index in [1.165, 1.54) is 21.6 Å². The van der Waals surface area contributed by atoms with Crippen molar-refractivity contribution in [2.45, 2.75) is 12.5 Å². The molecule has 5 nitrogen and oxygen atoms in total. The number of nitrogens with zero attached hydrogens (tertiary/aromatic N) is 1. The van der Waals surface area contributed by atoms with E-state index in [-0.39, 0.29) is 23.6 Å². The Kier molecular flexibility index (Phi) is 4.98. The Balaban J connectivity index is 1.38. The van der Waals surface area contributed by atoms with Gasteiger partial charge in [0.15, 0.2) is 5.76 Å². The predicted octanol–water partition coefficient (Wildman–Crippen LogP) is 5.44. The van der Waals surface area contributed by atoms with E-state index in [0.29, 0.717) is 17.8 Å². The predicted molar refractivity (Wildman–Crippen MR) is 118 cm³/mol. The standard InChI is InChI=1S/C23H18N2O3S2/c26-22(18-3-1-12-28-18)24-16-7-5-15(6-8-16)23(27)25-11-9-19-17(10-14-30-19)21(25)20-4-2-13-29-20/h1-8,10,12-14,21H,9,11H2,(H,24,26). The summed E-state index contributed by atoms with van der Waals surface area (Å²) in [7, 11) is 0. The number of thiophene rings is 2. The highest BCUT2D eigenvalue weighted by Gasteiger charge is 2.33. The topological polar surface area (TPSA) is 62.6 Å². The van der Waals surface area contributed by atoms with Crippen LogP contribution < -0.4 is 5.32 Å². The van der Waals surface area contributed by atoms with Crippen molar-refractivity contribution in [2.75, 3.05) is 11.9 Å². The van der Waals surface area contributed by atoms with Gasteiger partial charge in [-0.05, 0) is 71.3 Å². The van der Waals surface area contributed by atoms with Crippen LogP contribution >= 0.6 is 22.7 Å². The molecule has 150 valence electrons. The number of furan rings is 1. The summed E-state index contributed by atoms with van der Waals surface area (Å²) in [6.45, 7) is 0.686. The third-order valence-electron chi connectivity index (χ3n) is 5.17. The Morgan fingerprint density at radius 1 is 1.00 bits per heavy atom. The number of hydrogen-bond donors (Lipinski definition) is 1. The monoisotopic (exact) mass is 434 g/mol. The zero-order valence-corrected chi connectivity index (χ0v) is 17.5. The van der Waals surface area contributed by atoms with E-state index >= 15 is 0 Å². The first-order valence-corrected chi connectivity index (χ1v) is 11.3. The molecule has 0 saturated heterocycles. The van der Waals surface area contributed by atoms with Crippen LogP contribution in [-0.4, -0.2) is 23.3 Å². The largest absolute Gasteiger partial charge is 0.459 e. The zero-order valence-electron chi connectivity index (χ0n) is 15.9. The maximum absolute atomic E-state index is 13.4. The minimum atomic E-state index is -0.321. The van der Waals surface area contributed by atoms with Crippen LogP contribution in [0.15, 0.2) is 76.0 Å². The molecule has 5 rings (SSSR count). The van der Waals surface area contributed by atoms with E-state index in [4.69, 9.17) is 4.42 Å². The van der Waals surface area contributed by atoms with E-state index in [1.54, 1.807) is 59.1 Å². The average molecular weight is 435 g/mol. The maximum Gasteiger partial charge on any atom is 0.291 e. The highest BCUT2D eigenvalue weighted by Crippen LogP contribution is 2.40. The second-order valence-corrected chi connectivity index (χ2v) is 8.95.